The Balaban J connectivity index is 2.10. The molecule has 8 nitrogen and oxygen atoms in total. The number of hydrogen-bond acceptors (Lipinski definition) is 7. The molecule has 3 rings (SSSR count). The van der Waals surface area contributed by atoms with Crippen LogP contribution in [0.2, 0.25) is 0 Å². The van der Waals surface area contributed by atoms with Crippen LogP contribution in [0.5, 0.6) is 11.5 Å². The van der Waals surface area contributed by atoms with Crippen molar-refractivity contribution >= 4 is 5.97 Å². The van der Waals surface area contributed by atoms with Gasteiger partial charge in [0.1, 0.15) is 17.4 Å². The van der Waals surface area contributed by atoms with Gasteiger partial charge in [0.25, 0.3) is 0 Å². The molecule has 0 spiro atoms. The van der Waals surface area contributed by atoms with Crippen molar-refractivity contribution in [3.05, 3.63) is 70.2 Å². The predicted octanol–water partition coefficient (Wildman–Crippen LogP) is 3.51. The Morgan fingerprint density at radius 3 is 2.57 bits per heavy atom. The van der Waals surface area contributed by atoms with E-state index in [-0.39, 0.29) is 24.0 Å². The average molecular weight is 383 g/mol. The van der Waals surface area contributed by atoms with E-state index in [9.17, 15) is 9.59 Å². The summed E-state index contributed by atoms with van der Waals surface area (Å²) in [7, 11) is 0. The van der Waals surface area contributed by atoms with Crippen LogP contribution >= 0.6 is 0 Å². The largest absolute Gasteiger partial charge is 0.462 e. The van der Waals surface area contributed by atoms with Gasteiger partial charge in [0.05, 0.1) is 12.8 Å². The summed E-state index contributed by atoms with van der Waals surface area (Å²) in [6, 6.07) is 8.50. The number of benzene rings is 1. The lowest BCUT2D eigenvalue weighted by molar-refractivity contribution is 0.0523. The molecule has 0 saturated carbocycles. The topological polar surface area (TPSA) is 96.5 Å². The van der Waals surface area contributed by atoms with Crippen molar-refractivity contribution in [3.63, 3.8) is 0 Å². The molecule has 8 heteroatoms. The van der Waals surface area contributed by atoms with Gasteiger partial charge in [-0.1, -0.05) is 30.3 Å². The number of nitrogens with zero attached hydrogens (tertiary/aromatic N) is 3. The molecule has 0 aliphatic carbocycles. The summed E-state index contributed by atoms with van der Waals surface area (Å²) in [5, 5.41) is 3.82. The normalized spacial score (nSPS) is 11.8. The average Bonchev–Trinajstić information content (AvgIpc) is 3.11. The van der Waals surface area contributed by atoms with Crippen LogP contribution in [0.1, 0.15) is 48.4 Å². The lowest BCUT2D eigenvalue weighted by atomic mass is 10.2. The molecule has 0 aliphatic heterocycles. The number of carbonyl (C=O) groups is 1. The van der Waals surface area contributed by atoms with Gasteiger partial charge in [0.2, 0.25) is 11.3 Å². The molecule has 0 bridgehead atoms. The van der Waals surface area contributed by atoms with E-state index in [0.29, 0.717) is 23.9 Å². The first-order chi connectivity index (χ1) is 13.5. The molecule has 0 amide bonds. The van der Waals surface area contributed by atoms with E-state index in [0.717, 1.165) is 0 Å². The van der Waals surface area contributed by atoms with Crippen LogP contribution in [-0.2, 0) is 4.74 Å². The maximum atomic E-state index is 12.8. The van der Waals surface area contributed by atoms with Gasteiger partial charge >= 0.3 is 5.97 Å². The van der Waals surface area contributed by atoms with Crippen molar-refractivity contribution in [2.24, 2.45) is 0 Å². The summed E-state index contributed by atoms with van der Waals surface area (Å²) >= 11 is 0. The molecule has 0 aliphatic rings. The van der Waals surface area contributed by atoms with E-state index in [1.165, 1.54) is 12.4 Å². The molecule has 1 atom stereocenters. The summed E-state index contributed by atoms with van der Waals surface area (Å²) < 4.78 is 17.7. The van der Waals surface area contributed by atoms with Crippen LogP contribution in [0.25, 0.3) is 0 Å². The Morgan fingerprint density at radius 2 is 1.96 bits per heavy atom. The van der Waals surface area contributed by atoms with Crippen molar-refractivity contribution in [2.75, 3.05) is 6.61 Å². The SMILES string of the molecule is CCOC(=O)c1cn([C@@H](CC)c2nc(C)no2)cc(Oc2ccccc2)c1=O. The van der Waals surface area contributed by atoms with E-state index in [2.05, 4.69) is 10.1 Å². The highest BCUT2D eigenvalue weighted by Gasteiger charge is 2.23. The summed E-state index contributed by atoms with van der Waals surface area (Å²) in [6.07, 6.45) is 3.56. The summed E-state index contributed by atoms with van der Waals surface area (Å²) in [5.41, 5.74) is -0.667. The first-order valence-electron chi connectivity index (χ1n) is 8.99. The highest BCUT2D eigenvalue weighted by Crippen LogP contribution is 2.24. The van der Waals surface area contributed by atoms with Crippen molar-refractivity contribution in [2.45, 2.75) is 33.2 Å². The minimum Gasteiger partial charge on any atom is -0.462 e. The molecular formula is C20H21N3O5. The van der Waals surface area contributed by atoms with Gasteiger partial charge in [-0.25, -0.2) is 4.79 Å². The summed E-state index contributed by atoms with van der Waals surface area (Å²) in [5.74, 6) is 0.654. The van der Waals surface area contributed by atoms with E-state index in [4.69, 9.17) is 14.0 Å². The van der Waals surface area contributed by atoms with E-state index in [1.807, 2.05) is 13.0 Å². The number of hydrogen-bond donors (Lipinski definition) is 0. The molecule has 0 saturated heterocycles. The smallest absolute Gasteiger partial charge is 0.343 e. The Hall–Kier alpha value is -3.42. The Labute approximate surface area is 161 Å². The van der Waals surface area contributed by atoms with Gasteiger partial charge in [-0.15, -0.1) is 0 Å². The number of ether oxygens (including phenoxy) is 2. The third-order valence-corrected chi connectivity index (χ3v) is 4.05. The van der Waals surface area contributed by atoms with Crippen molar-refractivity contribution in [3.8, 4) is 11.5 Å². The third-order valence-electron chi connectivity index (χ3n) is 4.05. The molecule has 0 radical (unpaired) electrons. The molecule has 3 aromatic rings. The highest BCUT2D eigenvalue weighted by molar-refractivity contribution is 5.89. The third kappa shape index (κ3) is 4.11. The lowest BCUT2D eigenvalue weighted by Crippen LogP contribution is -2.23. The standard InChI is InChI=1S/C20H21N3O5/c1-4-16(19-21-13(3)22-28-19)23-11-15(20(25)26-5-2)18(24)17(12-23)27-14-9-7-6-8-10-14/h6-12,16H,4-5H2,1-3H3/t16-/m0/s1. The Bertz CT molecular complexity index is 1010. The monoisotopic (exact) mass is 383 g/mol. The molecule has 2 heterocycles. The number of rotatable bonds is 7. The Kier molecular flexibility index (Phi) is 5.88. The molecule has 28 heavy (non-hydrogen) atoms. The van der Waals surface area contributed by atoms with E-state index in [1.54, 1.807) is 42.7 Å². The van der Waals surface area contributed by atoms with Gasteiger partial charge < -0.3 is 18.6 Å². The first kappa shape index (κ1) is 19.3. The van der Waals surface area contributed by atoms with E-state index < -0.39 is 11.4 Å². The van der Waals surface area contributed by atoms with Crippen LogP contribution < -0.4 is 10.2 Å². The molecule has 0 unspecified atom stereocenters. The van der Waals surface area contributed by atoms with Crippen LogP contribution in [0.3, 0.4) is 0 Å². The first-order valence-corrected chi connectivity index (χ1v) is 8.99. The summed E-state index contributed by atoms with van der Waals surface area (Å²) in [6.45, 7) is 5.49. The number of para-hydroxylation sites is 1. The van der Waals surface area contributed by atoms with Crippen LogP contribution in [0, 0.1) is 6.92 Å². The van der Waals surface area contributed by atoms with Gasteiger partial charge in [-0.2, -0.15) is 4.98 Å². The van der Waals surface area contributed by atoms with Crippen LogP contribution in [0.15, 0.2) is 52.0 Å². The van der Waals surface area contributed by atoms with Crippen molar-refractivity contribution in [1.82, 2.24) is 14.7 Å². The molecule has 0 N–H and O–H groups in total. The zero-order valence-corrected chi connectivity index (χ0v) is 15.9. The maximum Gasteiger partial charge on any atom is 0.343 e. The molecular weight excluding hydrogens is 362 g/mol. The van der Waals surface area contributed by atoms with Gasteiger partial charge in [0, 0.05) is 6.20 Å². The zero-order valence-electron chi connectivity index (χ0n) is 15.9. The Morgan fingerprint density at radius 1 is 1.21 bits per heavy atom. The lowest BCUT2D eigenvalue weighted by Gasteiger charge is -2.18. The fourth-order valence-electron chi connectivity index (χ4n) is 2.76. The zero-order chi connectivity index (χ0) is 20.1. The number of aryl methyl sites for hydroxylation is 1. The molecule has 2 aromatic heterocycles. The predicted molar refractivity (Wildman–Crippen MR) is 101 cm³/mol. The van der Waals surface area contributed by atoms with Gasteiger partial charge in [-0.3, -0.25) is 4.79 Å². The van der Waals surface area contributed by atoms with Crippen LogP contribution in [-0.4, -0.2) is 27.3 Å². The highest BCUT2D eigenvalue weighted by atomic mass is 16.5. The second-order valence-corrected chi connectivity index (χ2v) is 6.05. The maximum absolute atomic E-state index is 12.8. The van der Waals surface area contributed by atoms with Crippen molar-refractivity contribution < 1.29 is 18.8 Å². The fourth-order valence-corrected chi connectivity index (χ4v) is 2.76. The molecule has 0 fully saturated rings. The second kappa shape index (κ2) is 8.51. The summed E-state index contributed by atoms with van der Waals surface area (Å²) in [4.78, 5) is 29.4. The van der Waals surface area contributed by atoms with E-state index >= 15 is 0 Å². The quantitative estimate of drug-likeness (QED) is 0.576. The second-order valence-electron chi connectivity index (χ2n) is 6.05. The fraction of sp³-hybridized carbons (Fsp3) is 0.300. The van der Waals surface area contributed by atoms with Gasteiger partial charge in [-0.05, 0) is 32.4 Å². The van der Waals surface area contributed by atoms with Gasteiger partial charge in [0.15, 0.2) is 11.6 Å². The number of pyridine rings is 1. The van der Waals surface area contributed by atoms with Crippen molar-refractivity contribution in [1.29, 1.82) is 0 Å². The number of aromatic nitrogens is 3. The molecule has 146 valence electrons. The minimum absolute atomic E-state index is 0.00596. The number of esters is 1. The number of carbonyl (C=O) groups excluding carboxylic acids is 1. The molecule has 1 aromatic carbocycles. The minimum atomic E-state index is -0.712. The van der Waals surface area contributed by atoms with Crippen LogP contribution in [0.4, 0.5) is 0 Å².